The van der Waals surface area contributed by atoms with Gasteiger partial charge in [0.1, 0.15) is 5.69 Å². The number of carbonyl (C=O) groups excluding carboxylic acids is 1. The van der Waals surface area contributed by atoms with Gasteiger partial charge in [-0.3, -0.25) is 4.79 Å². The molecule has 1 aliphatic rings. The molecule has 94 valence electrons. The quantitative estimate of drug-likeness (QED) is 0.810. The van der Waals surface area contributed by atoms with Crippen LogP contribution in [0.25, 0.3) is 0 Å². The van der Waals surface area contributed by atoms with Crippen molar-refractivity contribution in [2.75, 3.05) is 13.1 Å². The molecule has 0 N–H and O–H groups in total. The molecule has 0 unspecified atom stereocenters. The molecule has 0 radical (unpaired) electrons. The van der Waals surface area contributed by atoms with Crippen molar-refractivity contribution in [3.63, 3.8) is 0 Å². The van der Waals surface area contributed by atoms with Gasteiger partial charge < -0.3 is 4.90 Å². The smallest absolute Gasteiger partial charge is 0.273 e. The second kappa shape index (κ2) is 5.63. The minimum atomic E-state index is 0.107. The fourth-order valence-electron chi connectivity index (χ4n) is 2.47. The molecule has 1 atom stereocenters. The summed E-state index contributed by atoms with van der Waals surface area (Å²) in [6.07, 6.45) is 3.50. The van der Waals surface area contributed by atoms with Crippen molar-refractivity contribution in [3.8, 4) is 0 Å². The Kier molecular flexibility index (Phi) is 4.15. The van der Waals surface area contributed by atoms with Crippen molar-refractivity contribution in [2.24, 2.45) is 11.8 Å². The van der Waals surface area contributed by atoms with E-state index in [1.54, 1.807) is 5.51 Å². The summed E-state index contributed by atoms with van der Waals surface area (Å²) in [5.74, 6) is 1.60. The van der Waals surface area contributed by atoms with Gasteiger partial charge in [0.2, 0.25) is 0 Å². The van der Waals surface area contributed by atoms with Crippen molar-refractivity contribution in [1.29, 1.82) is 0 Å². The highest BCUT2D eigenvalue weighted by Gasteiger charge is 2.23. The molecule has 17 heavy (non-hydrogen) atoms. The third-order valence-corrected chi connectivity index (χ3v) is 4.24. The number of amides is 1. The van der Waals surface area contributed by atoms with E-state index < -0.39 is 0 Å². The number of rotatable bonds is 2. The van der Waals surface area contributed by atoms with Crippen LogP contribution in [-0.2, 0) is 0 Å². The van der Waals surface area contributed by atoms with Gasteiger partial charge in [-0.1, -0.05) is 13.8 Å². The average Bonchev–Trinajstić information content (AvgIpc) is 2.71. The Bertz CT molecular complexity index is 362. The van der Waals surface area contributed by atoms with Crippen molar-refractivity contribution in [3.05, 3.63) is 16.6 Å². The number of nitrogens with zero attached hydrogens (tertiary/aromatic N) is 2. The Morgan fingerprint density at radius 2 is 2.29 bits per heavy atom. The Morgan fingerprint density at radius 1 is 1.47 bits per heavy atom. The molecule has 1 fully saturated rings. The maximum absolute atomic E-state index is 12.2. The number of thiazole rings is 1. The summed E-state index contributed by atoms with van der Waals surface area (Å²) < 4.78 is 0. The molecule has 0 aliphatic carbocycles. The SMILES string of the molecule is CC(C)[C@@H]1CCCN(C(=O)c2cscn2)CC1. The lowest BCUT2D eigenvalue weighted by molar-refractivity contribution is 0.0754. The van der Waals surface area contributed by atoms with Crippen molar-refractivity contribution >= 4 is 17.2 Å². The van der Waals surface area contributed by atoms with Crippen LogP contribution in [-0.4, -0.2) is 28.9 Å². The van der Waals surface area contributed by atoms with E-state index in [1.807, 2.05) is 10.3 Å². The van der Waals surface area contributed by atoms with Crippen LogP contribution in [0, 0.1) is 11.8 Å². The third-order valence-electron chi connectivity index (χ3n) is 3.65. The van der Waals surface area contributed by atoms with Crippen LogP contribution in [0.1, 0.15) is 43.6 Å². The van der Waals surface area contributed by atoms with Gasteiger partial charge in [0.25, 0.3) is 5.91 Å². The Hall–Kier alpha value is -0.900. The lowest BCUT2D eigenvalue weighted by Crippen LogP contribution is -2.32. The van der Waals surface area contributed by atoms with E-state index in [-0.39, 0.29) is 5.91 Å². The average molecular weight is 252 g/mol. The monoisotopic (exact) mass is 252 g/mol. The zero-order valence-corrected chi connectivity index (χ0v) is 11.4. The predicted molar refractivity (Wildman–Crippen MR) is 70.2 cm³/mol. The van der Waals surface area contributed by atoms with E-state index in [4.69, 9.17) is 0 Å². The molecule has 2 heterocycles. The lowest BCUT2D eigenvalue weighted by Gasteiger charge is -2.20. The molecule has 0 aromatic carbocycles. The summed E-state index contributed by atoms with van der Waals surface area (Å²) in [5, 5.41) is 1.84. The normalized spacial score (nSPS) is 21.6. The largest absolute Gasteiger partial charge is 0.337 e. The second-order valence-corrected chi connectivity index (χ2v) is 5.82. The van der Waals surface area contributed by atoms with Gasteiger partial charge in [0.05, 0.1) is 5.51 Å². The van der Waals surface area contributed by atoms with E-state index in [2.05, 4.69) is 18.8 Å². The fraction of sp³-hybridized carbons (Fsp3) is 0.692. The topological polar surface area (TPSA) is 33.2 Å². The van der Waals surface area contributed by atoms with Gasteiger partial charge in [-0.05, 0) is 31.1 Å². The van der Waals surface area contributed by atoms with E-state index in [9.17, 15) is 4.79 Å². The van der Waals surface area contributed by atoms with Crippen molar-refractivity contribution in [1.82, 2.24) is 9.88 Å². The first-order valence-electron chi connectivity index (χ1n) is 6.36. The molecule has 1 amide bonds. The van der Waals surface area contributed by atoms with E-state index in [0.29, 0.717) is 5.69 Å². The predicted octanol–water partition coefficient (Wildman–Crippen LogP) is 3.04. The third kappa shape index (κ3) is 3.06. The van der Waals surface area contributed by atoms with Crippen LogP contribution in [0.2, 0.25) is 0 Å². The van der Waals surface area contributed by atoms with Gasteiger partial charge >= 0.3 is 0 Å². The van der Waals surface area contributed by atoms with E-state index in [1.165, 1.54) is 17.8 Å². The maximum Gasteiger partial charge on any atom is 0.273 e. The number of likely N-dealkylation sites (tertiary alicyclic amines) is 1. The first-order chi connectivity index (χ1) is 8.18. The summed E-state index contributed by atoms with van der Waals surface area (Å²) in [7, 11) is 0. The standard InChI is InChI=1S/C13H20N2OS/c1-10(2)11-4-3-6-15(7-5-11)13(16)12-8-17-9-14-12/h8-11H,3-7H2,1-2H3/t11-/m1/s1. The van der Waals surface area contributed by atoms with Gasteiger partial charge in [-0.15, -0.1) is 11.3 Å². The second-order valence-electron chi connectivity index (χ2n) is 5.10. The highest BCUT2D eigenvalue weighted by atomic mass is 32.1. The molecule has 0 bridgehead atoms. The first kappa shape index (κ1) is 12.6. The summed E-state index contributed by atoms with van der Waals surface area (Å²) in [4.78, 5) is 18.2. The summed E-state index contributed by atoms with van der Waals surface area (Å²) in [6, 6.07) is 0. The van der Waals surface area contributed by atoms with Crippen LogP contribution >= 0.6 is 11.3 Å². The fourth-order valence-corrected chi connectivity index (χ4v) is 3.00. The first-order valence-corrected chi connectivity index (χ1v) is 7.30. The van der Waals surface area contributed by atoms with Gasteiger partial charge in [0, 0.05) is 18.5 Å². The van der Waals surface area contributed by atoms with Gasteiger partial charge in [-0.25, -0.2) is 4.98 Å². The number of carbonyl (C=O) groups is 1. The van der Waals surface area contributed by atoms with Crippen molar-refractivity contribution < 1.29 is 4.79 Å². The minimum absolute atomic E-state index is 0.107. The molecule has 3 nitrogen and oxygen atoms in total. The van der Waals surface area contributed by atoms with Crippen LogP contribution in [0.4, 0.5) is 0 Å². The Morgan fingerprint density at radius 3 is 2.94 bits per heavy atom. The van der Waals surface area contributed by atoms with Gasteiger partial charge in [-0.2, -0.15) is 0 Å². The Balaban J connectivity index is 1.97. The molecule has 0 saturated carbocycles. The van der Waals surface area contributed by atoms with Crippen LogP contribution in [0.5, 0.6) is 0 Å². The Labute approximate surface area is 107 Å². The molecule has 4 heteroatoms. The lowest BCUT2D eigenvalue weighted by atomic mass is 9.89. The highest BCUT2D eigenvalue weighted by molar-refractivity contribution is 7.07. The zero-order chi connectivity index (χ0) is 12.3. The zero-order valence-electron chi connectivity index (χ0n) is 10.6. The summed E-state index contributed by atoms with van der Waals surface area (Å²) >= 11 is 1.48. The molecule has 1 aliphatic heterocycles. The van der Waals surface area contributed by atoms with Crippen LogP contribution in [0.15, 0.2) is 10.9 Å². The summed E-state index contributed by atoms with van der Waals surface area (Å²) in [5.41, 5.74) is 2.33. The summed E-state index contributed by atoms with van der Waals surface area (Å²) in [6.45, 7) is 6.34. The van der Waals surface area contributed by atoms with E-state index in [0.717, 1.165) is 37.8 Å². The molecular weight excluding hydrogens is 232 g/mol. The number of hydrogen-bond acceptors (Lipinski definition) is 3. The molecule has 1 aromatic rings. The highest BCUT2D eigenvalue weighted by Crippen LogP contribution is 2.25. The maximum atomic E-state index is 12.2. The molecule has 0 spiro atoms. The van der Waals surface area contributed by atoms with Crippen LogP contribution < -0.4 is 0 Å². The van der Waals surface area contributed by atoms with E-state index >= 15 is 0 Å². The van der Waals surface area contributed by atoms with Gasteiger partial charge in [0.15, 0.2) is 0 Å². The van der Waals surface area contributed by atoms with Crippen molar-refractivity contribution in [2.45, 2.75) is 33.1 Å². The minimum Gasteiger partial charge on any atom is -0.337 e. The number of aromatic nitrogens is 1. The molecular formula is C13H20N2OS. The molecule has 1 saturated heterocycles. The van der Waals surface area contributed by atoms with Crippen LogP contribution in [0.3, 0.4) is 0 Å². The molecule has 1 aromatic heterocycles. The number of hydrogen-bond donors (Lipinski definition) is 0. The molecule has 2 rings (SSSR count).